The van der Waals surface area contributed by atoms with Gasteiger partial charge in [0.15, 0.2) is 0 Å². The minimum atomic E-state index is -0.749. The molecule has 20 heavy (non-hydrogen) atoms. The van der Waals surface area contributed by atoms with Crippen LogP contribution >= 0.6 is 11.6 Å². The van der Waals surface area contributed by atoms with Crippen molar-refractivity contribution in [1.29, 1.82) is 0 Å². The maximum Gasteiger partial charge on any atom is 0.232 e. The minimum Gasteiger partial charge on any atom is -0.386 e. The van der Waals surface area contributed by atoms with E-state index in [1.165, 1.54) is 0 Å². The van der Waals surface area contributed by atoms with Crippen LogP contribution in [0.4, 0.5) is 5.69 Å². The van der Waals surface area contributed by atoms with Gasteiger partial charge in [0, 0.05) is 17.2 Å². The molecule has 5 heteroatoms. The zero-order valence-electron chi connectivity index (χ0n) is 11.4. The largest absolute Gasteiger partial charge is 0.386 e. The van der Waals surface area contributed by atoms with E-state index in [0.717, 1.165) is 18.4 Å². The van der Waals surface area contributed by atoms with Gasteiger partial charge in [-0.3, -0.25) is 4.79 Å². The molecule has 2 aliphatic rings. The van der Waals surface area contributed by atoms with Crippen LogP contribution in [0.5, 0.6) is 0 Å². The highest BCUT2D eigenvalue weighted by molar-refractivity contribution is 6.31. The Morgan fingerprint density at radius 3 is 3.00 bits per heavy atom. The molecule has 1 aromatic carbocycles. The summed E-state index contributed by atoms with van der Waals surface area (Å²) in [5.41, 5.74) is 2.27. The highest BCUT2D eigenvalue weighted by Gasteiger charge is 2.35. The van der Waals surface area contributed by atoms with Gasteiger partial charge < -0.3 is 15.2 Å². The van der Waals surface area contributed by atoms with E-state index < -0.39 is 6.10 Å². The first-order chi connectivity index (χ1) is 9.61. The van der Waals surface area contributed by atoms with Crippen molar-refractivity contribution < 1.29 is 14.6 Å². The van der Waals surface area contributed by atoms with Crippen LogP contribution in [0.2, 0.25) is 5.02 Å². The Labute approximate surface area is 123 Å². The van der Waals surface area contributed by atoms with Gasteiger partial charge in [-0.25, -0.2) is 0 Å². The van der Waals surface area contributed by atoms with E-state index in [0.29, 0.717) is 29.3 Å². The van der Waals surface area contributed by atoms with Gasteiger partial charge in [0.25, 0.3) is 0 Å². The molecule has 3 unspecified atom stereocenters. The lowest BCUT2D eigenvalue weighted by molar-refractivity contribution is -0.117. The molecule has 1 fully saturated rings. The number of carbonyl (C=O) groups excluding carboxylic acids is 1. The maximum absolute atomic E-state index is 12.0. The van der Waals surface area contributed by atoms with Crippen molar-refractivity contribution in [3.8, 4) is 0 Å². The summed E-state index contributed by atoms with van der Waals surface area (Å²) in [4.78, 5) is 12.0. The molecular weight excluding hydrogens is 278 g/mol. The number of rotatable bonds is 3. The first-order valence-corrected chi connectivity index (χ1v) is 7.43. The predicted octanol–water partition coefficient (Wildman–Crippen LogP) is 3.00. The number of aliphatic hydroxyl groups is 1. The van der Waals surface area contributed by atoms with Crippen LogP contribution in [-0.2, 0) is 9.53 Å². The Morgan fingerprint density at radius 1 is 1.55 bits per heavy atom. The smallest absolute Gasteiger partial charge is 0.232 e. The molecule has 108 valence electrons. The zero-order chi connectivity index (χ0) is 14.3. The van der Waals surface area contributed by atoms with E-state index in [1.54, 1.807) is 6.07 Å². The minimum absolute atomic E-state index is 0.0226. The van der Waals surface area contributed by atoms with Crippen LogP contribution in [0, 0.1) is 0 Å². The number of fused-ring (bicyclic) bond motifs is 1. The molecule has 3 atom stereocenters. The summed E-state index contributed by atoms with van der Waals surface area (Å²) in [6, 6.07) is 3.54. The van der Waals surface area contributed by atoms with Crippen molar-refractivity contribution in [2.45, 2.75) is 44.3 Å². The standard InChI is InChI=1S/C15H18ClNO3/c1-2-9-10-6-8(16)7-11(13(10)17-15(9)19)14(18)12-4-3-5-20-12/h6-7,9,12,14,18H,2-5H2,1H3,(H,17,19). The molecule has 0 spiro atoms. The summed E-state index contributed by atoms with van der Waals surface area (Å²) < 4.78 is 5.54. The SMILES string of the molecule is CCC1C(=O)Nc2c1cc(Cl)cc2C(O)C1CCCO1. The second-order valence-electron chi connectivity index (χ2n) is 5.41. The molecule has 4 nitrogen and oxygen atoms in total. The second-order valence-corrected chi connectivity index (χ2v) is 5.84. The highest BCUT2D eigenvalue weighted by atomic mass is 35.5. The first kappa shape index (κ1) is 13.9. The van der Waals surface area contributed by atoms with Gasteiger partial charge in [0.1, 0.15) is 6.10 Å². The van der Waals surface area contributed by atoms with E-state index in [9.17, 15) is 9.90 Å². The molecule has 2 aliphatic heterocycles. The lowest BCUT2D eigenvalue weighted by atomic mass is 9.93. The summed E-state index contributed by atoms with van der Waals surface area (Å²) in [6.45, 7) is 2.64. The Bertz CT molecular complexity index is 540. The first-order valence-electron chi connectivity index (χ1n) is 7.05. The summed E-state index contributed by atoms with van der Waals surface area (Å²) >= 11 is 6.16. The zero-order valence-corrected chi connectivity index (χ0v) is 12.1. The van der Waals surface area contributed by atoms with Crippen LogP contribution in [0.15, 0.2) is 12.1 Å². The molecule has 0 saturated carbocycles. The number of carbonyl (C=O) groups is 1. The normalized spacial score (nSPS) is 26.4. The summed E-state index contributed by atoms with van der Waals surface area (Å²) in [6.07, 6.45) is 1.53. The average Bonchev–Trinajstić information content (AvgIpc) is 3.04. The third-order valence-corrected chi connectivity index (χ3v) is 4.37. The third-order valence-electron chi connectivity index (χ3n) is 4.15. The maximum atomic E-state index is 12.0. The topological polar surface area (TPSA) is 58.6 Å². The lowest BCUT2D eigenvalue weighted by Crippen LogP contribution is -2.18. The van der Waals surface area contributed by atoms with Crippen molar-refractivity contribution in [2.24, 2.45) is 0 Å². The number of amides is 1. The average molecular weight is 296 g/mol. The molecule has 0 bridgehead atoms. The second kappa shape index (κ2) is 5.35. The molecule has 0 radical (unpaired) electrons. The van der Waals surface area contributed by atoms with Crippen LogP contribution in [-0.4, -0.2) is 23.7 Å². The van der Waals surface area contributed by atoms with Gasteiger partial charge in [-0.05, 0) is 37.0 Å². The van der Waals surface area contributed by atoms with Crippen molar-refractivity contribution in [1.82, 2.24) is 0 Å². The molecule has 2 N–H and O–H groups in total. The molecule has 1 amide bonds. The summed E-state index contributed by atoms with van der Waals surface area (Å²) in [5, 5.41) is 14.0. The van der Waals surface area contributed by atoms with Crippen molar-refractivity contribution in [3.05, 3.63) is 28.3 Å². The van der Waals surface area contributed by atoms with E-state index in [-0.39, 0.29) is 17.9 Å². The number of benzene rings is 1. The van der Waals surface area contributed by atoms with Gasteiger partial charge in [0.05, 0.1) is 17.7 Å². The molecule has 1 saturated heterocycles. The Hall–Kier alpha value is -1.10. The molecule has 0 aromatic heterocycles. The van der Waals surface area contributed by atoms with E-state index in [1.807, 2.05) is 13.0 Å². The van der Waals surface area contributed by atoms with E-state index in [4.69, 9.17) is 16.3 Å². The van der Waals surface area contributed by atoms with Crippen molar-refractivity contribution >= 4 is 23.2 Å². The van der Waals surface area contributed by atoms with Gasteiger partial charge in [-0.2, -0.15) is 0 Å². The molecule has 1 aromatic rings. The molecular formula is C15H18ClNO3. The van der Waals surface area contributed by atoms with Crippen LogP contribution in [0.25, 0.3) is 0 Å². The predicted molar refractivity (Wildman–Crippen MR) is 77.0 cm³/mol. The highest BCUT2D eigenvalue weighted by Crippen LogP contribution is 2.43. The van der Waals surface area contributed by atoms with E-state index >= 15 is 0 Å². The van der Waals surface area contributed by atoms with Crippen LogP contribution < -0.4 is 5.32 Å². The third kappa shape index (κ3) is 2.22. The van der Waals surface area contributed by atoms with Gasteiger partial charge in [-0.15, -0.1) is 0 Å². The molecule has 2 heterocycles. The number of ether oxygens (including phenoxy) is 1. The van der Waals surface area contributed by atoms with Gasteiger partial charge >= 0.3 is 0 Å². The fraction of sp³-hybridized carbons (Fsp3) is 0.533. The van der Waals surface area contributed by atoms with Crippen molar-refractivity contribution in [3.63, 3.8) is 0 Å². The van der Waals surface area contributed by atoms with Crippen LogP contribution in [0.3, 0.4) is 0 Å². The quantitative estimate of drug-likeness (QED) is 0.901. The Balaban J connectivity index is 2.02. The van der Waals surface area contributed by atoms with Crippen molar-refractivity contribution in [2.75, 3.05) is 11.9 Å². The van der Waals surface area contributed by atoms with E-state index in [2.05, 4.69) is 5.32 Å². The number of hydrogen-bond donors (Lipinski definition) is 2. The number of aliphatic hydroxyl groups excluding tert-OH is 1. The number of nitrogens with one attached hydrogen (secondary N) is 1. The van der Waals surface area contributed by atoms with Gasteiger partial charge in [-0.1, -0.05) is 18.5 Å². The summed E-state index contributed by atoms with van der Waals surface area (Å²) in [5.74, 6) is -0.204. The van der Waals surface area contributed by atoms with Gasteiger partial charge in [0.2, 0.25) is 5.91 Å². The Kier molecular flexibility index (Phi) is 3.71. The number of halogens is 1. The summed E-state index contributed by atoms with van der Waals surface area (Å²) in [7, 11) is 0. The number of hydrogen-bond acceptors (Lipinski definition) is 3. The lowest BCUT2D eigenvalue weighted by Gasteiger charge is -2.20. The molecule has 3 rings (SSSR count). The molecule has 0 aliphatic carbocycles. The monoisotopic (exact) mass is 295 g/mol. The fourth-order valence-corrected chi connectivity index (χ4v) is 3.35. The Morgan fingerprint density at radius 2 is 2.35 bits per heavy atom. The number of anilines is 1. The fourth-order valence-electron chi connectivity index (χ4n) is 3.11. The van der Waals surface area contributed by atoms with Crippen LogP contribution in [0.1, 0.15) is 49.3 Å².